The zero-order chi connectivity index (χ0) is 66.8. The molecule has 0 saturated heterocycles. The molecule has 0 aliphatic carbocycles. The number of hydrogen-bond acceptors (Lipinski definition) is 17. The van der Waals surface area contributed by atoms with Gasteiger partial charge in [0.1, 0.15) is 49.3 Å². The van der Waals surface area contributed by atoms with Crippen LogP contribution in [-0.2, 0) is 42.8 Å². The predicted molar refractivity (Wildman–Crippen MR) is 356 cm³/mol. The second-order valence-corrected chi connectivity index (χ2v) is 27.1. The zero-order valence-corrected chi connectivity index (χ0v) is 55.2. The summed E-state index contributed by atoms with van der Waals surface area (Å²) in [6.07, 6.45) is 0.183. The van der Waals surface area contributed by atoms with E-state index in [0.29, 0.717) is 17.0 Å². The fourth-order valence-corrected chi connectivity index (χ4v) is 14.5. The molecule has 0 spiro atoms. The zero-order valence-electron chi connectivity index (χ0n) is 52.6. The average molecular weight is 1280 g/mol. The van der Waals surface area contributed by atoms with Crippen molar-refractivity contribution in [2.24, 2.45) is 9.86 Å². The van der Waals surface area contributed by atoms with Crippen LogP contribution >= 0.6 is 22.1 Å². The fraction of sp³-hybridized carbons (Fsp3) is 0.333. The average Bonchev–Trinajstić information content (AvgIpc) is 2.03. The lowest BCUT2D eigenvalue weighted by atomic mass is 10.2. The van der Waals surface area contributed by atoms with E-state index in [0.717, 1.165) is 10.6 Å². The minimum atomic E-state index is -2.85. The molecule has 6 aromatic carbocycles. The Morgan fingerprint density at radius 1 is 0.494 bits per heavy atom. The van der Waals surface area contributed by atoms with Crippen molar-refractivity contribution in [2.75, 3.05) is 61.3 Å². The lowest BCUT2D eigenvalue weighted by molar-refractivity contribution is -0.144. The molecule has 6 atom stereocenters. The summed E-state index contributed by atoms with van der Waals surface area (Å²) in [7, 11) is 3.70. The largest absolute Gasteiger partial charge is 0.459 e. The monoisotopic (exact) mass is 1280 g/mol. The highest BCUT2D eigenvalue weighted by Gasteiger charge is 2.30. The Bertz CT molecular complexity index is 3090. The number of benzene rings is 6. The minimum absolute atomic E-state index is 0.104. The minimum Gasteiger partial charge on any atom is -0.459 e. The SMILES string of the molecule is CNC(=O)C(C)N=P(COC(=O)[C@H](C)NC)(c1ccccc1)c1ccccc1.CNC(=O)C(C)NC(=O)[C@H](C)NC.CNC(=O)[C@H](C)N=[N+]=[N-].CN[C@@H](C)C(=O)OCP(c1ccccc1)c1ccccc1.N#N.O=P(CO)(c1ccccc1)c1ccccc1. The maximum absolute atomic E-state index is 12.7. The highest BCUT2D eigenvalue weighted by Crippen LogP contribution is 2.48. The Kier molecular flexibility index (Phi) is 39.0. The number of ether oxygens (including phenoxy) is 2. The predicted octanol–water partition coefficient (Wildman–Crippen LogP) is 5.57. The van der Waals surface area contributed by atoms with E-state index in [1.807, 2.05) is 133 Å². The van der Waals surface area contributed by atoms with Crippen molar-refractivity contribution < 1.29 is 47.9 Å². The number of amides is 4. The molecule has 0 fully saturated rings. The molecule has 6 aromatic rings. The van der Waals surface area contributed by atoms with Gasteiger partial charge in [0.2, 0.25) is 23.6 Å². The number of nitrogens with zero attached hydrogens (tertiary/aromatic N) is 6. The van der Waals surface area contributed by atoms with Crippen LogP contribution in [0.25, 0.3) is 10.4 Å². The third-order valence-corrected chi connectivity index (χ3v) is 21.5. The van der Waals surface area contributed by atoms with Gasteiger partial charge in [-0.1, -0.05) is 187 Å². The third-order valence-electron chi connectivity index (χ3n) is 13.0. The number of carbonyl (C=O) groups excluding carboxylic acids is 6. The summed E-state index contributed by atoms with van der Waals surface area (Å²) in [5.74, 6) is -1.38. The molecule has 6 rings (SSSR count). The van der Waals surface area contributed by atoms with E-state index in [1.54, 1.807) is 87.1 Å². The number of hydrogen-bond donors (Lipinski definition) is 8. The number of esters is 2. The maximum Gasteiger partial charge on any atom is 0.323 e. The topological polar surface area (TPSA) is 351 Å². The lowest BCUT2D eigenvalue weighted by Gasteiger charge is -2.27. The molecular weight excluding hydrogens is 1190 g/mol. The van der Waals surface area contributed by atoms with E-state index in [1.165, 1.54) is 31.6 Å². The van der Waals surface area contributed by atoms with Gasteiger partial charge in [-0.3, -0.25) is 33.5 Å². The molecule has 23 nitrogen and oxygen atoms in total. The van der Waals surface area contributed by atoms with E-state index < -0.39 is 46.3 Å². The standard InChI is InChI=1S/C21H28N3O3P.C17H20NO2P.C13H13O2P.C8H17N3O2.C4H8N4O.N2/c1-16(20(25)23-4)24-28(18-11-7-5-8-12-18,19-13-9-6-10-14-19)15-27-21(26)17(2)22-3;1-14(18-2)17(19)20-13-21(15-9-5-3-6-10-15)16-11-7-4-8-12-16;14-11-16(15,12-7-3-1-4-8-12)13-9-5-2-6-10-13;1-5(9-3)8(13)11-6(2)7(12)10-4;1-3(7-8-5)4(9)6-2;1-2/h5-14,16-17,22H,15H2,1-4H3,(H,23,25);3-12,14,18H,13H2,1-2H3;1-10,14H,11H2;5-6,9H,1-4H3,(H,10,12)(H,11,13);3H,1-2H3,(H,6,9);/t16?,17-;14-;;5-,6?;3-;/m00.00./s1. The molecule has 0 radical (unpaired) electrons. The van der Waals surface area contributed by atoms with Crippen LogP contribution < -0.4 is 69.0 Å². The van der Waals surface area contributed by atoms with Gasteiger partial charge in [0.05, 0.1) is 13.1 Å². The first-order valence-electron chi connectivity index (χ1n) is 28.1. The molecular formula is C63H86N13O10P3. The lowest BCUT2D eigenvalue weighted by Crippen LogP contribution is -2.49. The first-order chi connectivity index (χ1) is 42.7. The Labute approximate surface area is 524 Å². The van der Waals surface area contributed by atoms with E-state index in [-0.39, 0.29) is 60.3 Å². The molecule has 0 aliphatic rings. The van der Waals surface area contributed by atoms with Crippen LogP contribution in [0.4, 0.5) is 0 Å². The summed E-state index contributed by atoms with van der Waals surface area (Å²) in [6, 6.07) is 55.5. The van der Waals surface area contributed by atoms with Gasteiger partial charge in [0.15, 0.2) is 7.14 Å². The molecule has 0 heterocycles. The Morgan fingerprint density at radius 3 is 1.17 bits per heavy atom. The van der Waals surface area contributed by atoms with E-state index in [9.17, 15) is 38.4 Å². The second kappa shape index (κ2) is 44.1. The molecule has 89 heavy (non-hydrogen) atoms. The summed E-state index contributed by atoms with van der Waals surface area (Å²) in [4.78, 5) is 71.7. The van der Waals surface area contributed by atoms with Crippen LogP contribution in [0, 0.1) is 10.8 Å². The highest BCUT2D eigenvalue weighted by molar-refractivity contribution is 7.80. The normalized spacial score (nSPS) is 12.4. The number of nitrogens with one attached hydrogen (secondary N) is 7. The molecule has 0 aliphatic heterocycles. The van der Waals surface area contributed by atoms with E-state index in [2.05, 4.69) is 71.5 Å². The molecule has 8 N–H and O–H groups in total. The van der Waals surface area contributed by atoms with Crippen molar-refractivity contribution in [2.45, 2.75) is 77.8 Å². The Balaban J connectivity index is 0.000000579. The van der Waals surface area contributed by atoms with Gasteiger partial charge in [-0.15, -0.1) is 0 Å². The number of aliphatic hydroxyl groups is 1. The fourth-order valence-electron chi connectivity index (χ4n) is 7.40. The van der Waals surface area contributed by atoms with Crippen LogP contribution in [0.1, 0.15) is 41.5 Å². The molecule has 0 bridgehead atoms. The van der Waals surface area contributed by atoms with Crippen LogP contribution in [-0.4, -0.2) is 138 Å². The summed E-state index contributed by atoms with van der Waals surface area (Å²) >= 11 is 0. The van der Waals surface area contributed by atoms with Crippen molar-refractivity contribution in [3.63, 3.8) is 0 Å². The van der Waals surface area contributed by atoms with Crippen molar-refractivity contribution in [1.29, 1.82) is 10.8 Å². The van der Waals surface area contributed by atoms with Gasteiger partial charge in [-0.25, -0.2) is 0 Å². The molecule has 4 amide bonds. The first-order valence-corrected chi connectivity index (χ1v) is 33.5. The number of rotatable bonds is 23. The van der Waals surface area contributed by atoms with E-state index >= 15 is 0 Å². The van der Waals surface area contributed by atoms with Crippen LogP contribution in [0.3, 0.4) is 0 Å². The number of azide groups is 1. The number of aliphatic hydroxyl groups excluding tert-OH is 1. The summed E-state index contributed by atoms with van der Waals surface area (Å²) in [5, 5.41) is 48.9. The van der Waals surface area contributed by atoms with Crippen molar-refractivity contribution >= 4 is 89.5 Å². The number of likely N-dealkylation sites (N-methyl/N-ethyl adjacent to an activating group) is 6. The van der Waals surface area contributed by atoms with Gasteiger partial charge in [0.25, 0.3) is 0 Å². The van der Waals surface area contributed by atoms with Gasteiger partial charge in [-0.2, -0.15) is 0 Å². The van der Waals surface area contributed by atoms with Gasteiger partial charge in [0, 0.05) is 47.4 Å². The van der Waals surface area contributed by atoms with Crippen LogP contribution in [0.15, 0.2) is 192 Å². The summed E-state index contributed by atoms with van der Waals surface area (Å²) in [5.41, 5.74) is 7.86. The molecule has 478 valence electrons. The molecule has 26 heteroatoms. The first kappa shape index (κ1) is 78.6. The summed E-state index contributed by atoms with van der Waals surface area (Å²) < 4.78 is 28.9. The highest BCUT2D eigenvalue weighted by atomic mass is 31.2. The van der Waals surface area contributed by atoms with E-state index in [4.69, 9.17) is 30.5 Å². The van der Waals surface area contributed by atoms with Gasteiger partial charge < -0.3 is 56.4 Å². The molecule has 0 aromatic heterocycles. The van der Waals surface area contributed by atoms with Crippen molar-refractivity contribution in [3.8, 4) is 0 Å². The third kappa shape index (κ3) is 26.9. The molecule has 0 saturated carbocycles. The second-order valence-electron chi connectivity index (χ2n) is 19.1. The van der Waals surface area contributed by atoms with Gasteiger partial charge >= 0.3 is 11.9 Å². The van der Waals surface area contributed by atoms with Crippen LogP contribution in [0.2, 0.25) is 0 Å². The quantitative estimate of drug-likeness (QED) is 0.00971. The van der Waals surface area contributed by atoms with Crippen LogP contribution in [0.5, 0.6) is 0 Å². The maximum atomic E-state index is 12.7. The van der Waals surface area contributed by atoms with Gasteiger partial charge in [-0.05, 0) is 97.4 Å². The van der Waals surface area contributed by atoms with Crippen molar-refractivity contribution in [3.05, 3.63) is 192 Å². The Morgan fingerprint density at radius 2 is 0.831 bits per heavy atom. The Hall–Kier alpha value is -8.40. The summed E-state index contributed by atoms with van der Waals surface area (Å²) in [6.45, 7) is 10.2. The molecule has 2 unspecified atom stereocenters. The smallest absolute Gasteiger partial charge is 0.323 e. The van der Waals surface area contributed by atoms with Crippen molar-refractivity contribution in [1.82, 2.24) is 37.2 Å². The number of carbonyl (C=O) groups is 6.